The molecule has 3 aliphatic rings. The van der Waals surface area contributed by atoms with Crippen molar-refractivity contribution in [1.29, 1.82) is 0 Å². The molecule has 3 fully saturated rings. The molecule has 2 aliphatic carbocycles. The highest BCUT2D eigenvalue weighted by Crippen LogP contribution is 2.34. The van der Waals surface area contributed by atoms with E-state index in [2.05, 4.69) is 24.1 Å². The summed E-state index contributed by atoms with van der Waals surface area (Å²) < 4.78 is 0. The van der Waals surface area contributed by atoms with E-state index >= 15 is 0 Å². The van der Waals surface area contributed by atoms with Crippen molar-refractivity contribution in [2.24, 2.45) is 11.8 Å². The SMILES string of the molecule is CCC1CNC2(CCCCC2)CN1CC1CCC(C)CC1. The number of piperazine rings is 1. The average molecular weight is 293 g/mol. The zero-order valence-electron chi connectivity index (χ0n) is 14.4. The van der Waals surface area contributed by atoms with Gasteiger partial charge in [0.15, 0.2) is 0 Å². The zero-order valence-corrected chi connectivity index (χ0v) is 14.4. The standard InChI is InChI=1S/C19H36N2/c1-3-18-13-20-19(11-5-4-6-12-19)15-21(18)14-17-9-7-16(2)8-10-17/h16-18,20H,3-15H2,1-2H3. The molecule has 0 radical (unpaired) electrons. The van der Waals surface area contributed by atoms with Crippen LogP contribution < -0.4 is 5.32 Å². The molecule has 1 N–H and O–H groups in total. The smallest absolute Gasteiger partial charge is 0.0309 e. The third-order valence-corrected chi connectivity index (χ3v) is 6.64. The molecule has 2 nitrogen and oxygen atoms in total. The molecule has 0 aromatic heterocycles. The summed E-state index contributed by atoms with van der Waals surface area (Å²) in [6.45, 7) is 8.76. The molecule has 122 valence electrons. The van der Waals surface area contributed by atoms with Gasteiger partial charge in [-0.2, -0.15) is 0 Å². The Kier molecular flexibility index (Phi) is 5.27. The summed E-state index contributed by atoms with van der Waals surface area (Å²) in [4.78, 5) is 2.89. The van der Waals surface area contributed by atoms with Crippen LogP contribution in [-0.2, 0) is 0 Å². The second kappa shape index (κ2) is 7.00. The van der Waals surface area contributed by atoms with Crippen LogP contribution in [0.3, 0.4) is 0 Å². The molecule has 3 rings (SSSR count). The minimum atomic E-state index is 0.478. The van der Waals surface area contributed by atoms with E-state index in [9.17, 15) is 0 Å². The van der Waals surface area contributed by atoms with Crippen LogP contribution >= 0.6 is 0 Å². The van der Waals surface area contributed by atoms with Crippen LogP contribution in [0.1, 0.15) is 78.1 Å². The lowest BCUT2D eigenvalue weighted by atomic mass is 9.78. The lowest BCUT2D eigenvalue weighted by molar-refractivity contribution is 0.0363. The van der Waals surface area contributed by atoms with E-state index in [0.717, 1.165) is 17.9 Å². The van der Waals surface area contributed by atoms with Gasteiger partial charge >= 0.3 is 0 Å². The molecular formula is C19H36N2. The van der Waals surface area contributed by atoms with Crippen molar-refractivity contribution >= 4 is 0 Å². The number of hydrogen-bond acceptors (Lipinski definition) is 2. The number of nitrogens with one attached hydrogen (secondary N) is 1. The van der Waals surface area contributed by atoms with Crippen molar-refractivity contribution in [1.82, 2.24) is 10.2 Å². The van der Waals surface area contributed by atoms with Crippen molar-refractivity contribution < 1.29 is 0 Å². The van der Waals surface area contributed by atoms with Crippen LogP contribution in [0.15, 0.2) is 0 Å². The molecule has 1 spiro atoms. The molecule has 1 unspecified atom stereocenters. The maximum Gasteiger partial charge on any atom is 0.0309 e. The van der Waals surface area contributed by atoms with Crippen molar-refractivity contribution in [2.75, 3.05) is 19.6 Å². The van der Waals surface area contributed by atoms with Gasteiger partial charge < -0.3 is 5.32 Å². The first-order valence-electron chi connectivity index (χ1n) is 9.70. The molecule has 2 saturated carbocycles. The molecule has 1 heterocycles. The summed E-state index contributed by atoms with van der Waals surface area (Å²) in [5.74, 6) is 1.96. The molecule has 21 heavy (non-hydrogen) atoms. The van der Waals surface area contributed by atoms with Crippen LogP contribution in [-0.4, -0.2) is 36.1 Å². The normalized spacial score (nSPS) is 37.7. The highest BCUT2D eigenvalue weighted by molar-refractivity contribution is 4.99. The quantitative estimate of drug-likeness (QED) is 0.838. The molecule has 0 bridgehead atoms. The van der Waals surface area contributed by atoms with Gasteiger partial charge in [0, 0.05) is 31.2 Å². The molecule has 0 aromatic carbocycles. The van der Waals surface area contributed by atoms with Gasteiger partial charge in [0.25, 0.3) is 0 Å². The zero-order chi connectivity index (χ0) is 14.7. The molecule has 0 aromatic rings. The molecule has 2 heteroatoms. The maximum absolute atomic E-state index is 3.97. The van der Waals surface area contributed by atoms with E-state index in [1.807, 2.05) is 0 Å². The second-order valence-corrected chi connectivity index (χ2v) is 8.34. The predicted molar refractivity (Wildman–Crippen MR) is 90.6 cm³/mol. The van der Waals surface area contributed by atoms with Gasteiger partial charge in [0.1, 0.15) is 0 Å². The van der Waals surface area contributed by atoms with Gasteiger partial charge in [0.05, 0.1) is 0 Å². The van der Waals surface area contributed by atoms with Gasteiger partial charge in [-0.25, -0.2) is 0 Å². The summed E-state index contributed by atoms with van der Waals surface area (Å²) in [6.07, 6.45) is 14.4. The largest absolute Gasteiger partial charge is 0.308 e. The van der Waals surface area contributed by atoms with E-state index in [-0.39, 0.29) is 0 Å². The first-order valence-corrected chi connectivity index (χ1v) is 9.70. The van der Waals surface area contributed by atoms with Crippen LogP contribution in [0.2, 0.25) is 0 Å². The Morgan fingerprint density at radius 2 is 1.76 bits per heavy atom. The van der Waals surface area contributed by atoms with Crippen molar-refractivity contribution in [3.63, 3.8) is 0 Å². The van der Waals surface area contributed by atoms with Gasteiger partial charge in [0.2, 0.25) is 0 Å². The first kappa shape index (κ1) is 15.8. The molecule has 1 atom stereocenters. The third kappa shape index (κ3) is 3.82. The van der Waals surface area contributed by atoms with Crippen molar-refractivity contribution in [3.05, 3.63) is 0 Å². The Morgan fingerprint density at radius 1 is 1.05 bits per heavy atom. The average Bonchev–Trinajstić information content (AvgIpc) is 2.51. The highest BCUT2D eigenvalue weighted by Gasteiger charge is 2.39. The monoisotopic (exact) mass is 292 g/mol. The molecule has 0 amide bonds. The van der Waals surface area contributed by atoms with E-state index in [0.29, 0.717) is 5.54 Å². The number of hydrogen-bond donors (Lipinski definition) is 1. The maximum atomic E-state index is 3.97. The Labute approximate surface area is 132 Å². The van der Waals surface area contributed by atoms with Gasteiger partial charge in [-0.3, -0.25) is 4.90 Å². The van der Waals surface area contributed by atoms with E-state index in [1.54, 1.807) is 0 Å². The minimum absolute atomic E-state index is 0.478. The minimum Gasteiger partial charge on any atom is -0.308 e. The summed E-state index contributed by atoms with van der Waals surface area (Å²) in [7, 11) is 0. The van der Waals surface area contributed by atoms with Crippen LogP contribution in [0.5, 0.6) is 0 Å². The predicted octanol–water partition coefficient (Wildman–Crippen LogP) is 4.20. The van der Waals surface area contributed by atoms with Gasteiger partial charge in [-0.05, 0) is 43.9 Å². The highest BCUT2D eigenvalue weighted by atomic mass is 15.3. The van der Waals surface area contributed by atoms with Crippen LogP contribution in [0.25, 0.3) is 0 Å². The lowest BCUT2D eigenvalue weighted by Gasteiger charge is -2.50. The second-order valence-electron chi connectivity index (χ2n) is 8.34. The third-order valence-electron chi connectivity index (χ3n) is 6.64. The van der Waals surface area contributed by atoms with Crippen molar-refractivity contribution in [2.45, 2.75) is 89.6 Å². The Hall–Kier alpha value is -0.0800. The topological polar surface area (TPSA) is 15.3 Å². The fourth-order valence-electron chi connectivity index (χ4n) is 5.06. The molecule has 1 aliphatic heterocycles. The number of rotatable bonds is 3. The fourth-order valence-corrected chi connectivity index (χ4v) is 5.06. The fraction of sp³-hybridized carbons (Fsp3) is 1.00. The Balaban J connectivity index is 1.59. The first-order chi connectivity index (χ1) is 10.2. The summed E-state index contributed by atoms with van der Waals surface area (Å²) in [6, 6.07) is 0.789. The van der Waals surface area contributed by atoms with Crippen LogP contribution in [0, 0.1) is 11.8 Å². The van der Waals surface area contributed by atoms with Crippen molar-refractivity contribution in [3.8, 4) is 0 Å². The Bertz CT molecular complexity index is 314. The summed E-state index contributed by atoms with van der Waals surface area (Å²) in [5.41, 5.74) is 0.478. The summed E-state index contributed by atoms with van der Waals surface area (Å²) in [5, 5.41) is 3.97. The summed E-state index contributed by atoms with van der Waals surface area (Å²) >= 11 is 0. The van der Waals surface area contributed by atoms with E-state index < -0.39 is 0 Å². The van der Waals surface area contributed by atoms with Crippen LogP contribution in [0.4, 0.5) is 0 Å². The molecular weight excluding hydrogens is 256 g/mol. The van der Waals surface area contributed by atoms with Gasteiger partial charge in [-0.15, -0.1) is 0 Å². The molecule has 1 saturated heterocycles. The lowest BCUT2D eigenvalue weighted by Crippen LogP contribution is -2.65. The van der Waals surface area contributed by atoms with Gasteiger partial charge in [-0.1, -0.05) is 46.0 Å². The van der Waals surface area contributed by atoms with E-state index in [1.165, 1.54) is 83.8 Å². The Morgan fingerprint density at radius 3 is 2.43 bits per heavy atom. The number of nitrogens with zero attached hydrogens (tertiary/aromatic N) is 1. The van der Waals surface area contributed by atoms with E-state index in [4.69, 9.17) is 0 Å².